The number of carbonyl (C=O) groups excluding carboxylic acids is 3. The highest BCUT2D eigenvalue weighted by atomic mass is 16.7. The van der Waals surface area contributed by atoms with Crippen LogP contribution < -0.4 is 5.43 Å². The Labute approximate surface area is 195 Å². The molecule has 14 nitrogen and oxygen atoms in total. The van der Waals surface area contributed by atoms with Crippen molar-refractivity contribution in [2.24, 2.45) is 5.10 Å². The monoisotopic (exact) mass is 481 g/mol. The number of fused-ring (bicyclic) bond motifs is 3. The SMILES string of the molecule is O=C(N/N=C1/CC(N2C(=O)c3ccccc3C2=O)C2COC1O2)c1cc([N+](=O)[O-])cc([N+](=O)[O-])c1. The Bertz CT molecular complexity index is 1270. The van der Waals surface area contributed by atoms with Crippen molar-refractivity contribution in [3.63, 3.8) is 0 Å². The molecule has 2 fully saturated rings. The maximum Gasteiger partial charge on any atom is 0.277 e. The molecule has 2 bridgehead atoms. The van der Waals surface area contributed by atoms with Crippen molar-refractivity contribution >= 4 is 34.8 Å². The van der Waals surface area contributed by atoms with E-state index in [9.17, 15) is 34.6 Å². The smallest absolute Gasteiger partial charge is 0.277 e. The van der Waals surface area contributed by atoms with Crippen LogP contribution in [0.2, 0.25) is 0 Å². The third-order valence-electron chi connectivity index (χ3n) is 5.87. The molecule has 14 heteroatoms. The van der Waals surface area contributed by atoms with E-state index in [0.29, 0.717) is 0 Å². The molecule has 3 heterocycles. The van der Waals surface area contributed by atoms with Gasteiger partial charge in [0.2, 0.25) is 0 Å². The second-order valence-corrected chi connectivity index (χ2v) is 7.93. The van der Waals surface area contributed by atoms with Crippen molar-refractivity contribution in [3.8, 4) is 0 Å². The van der Waals surface area contributed by atoms with Gasteiger partial charge in [-0.05, 0) is 12.1 Å². The van der Waals surface area contributed by atoms with Crippen LogP contribution in [0.15, 0.2) is 47.6 Å². The summed E-state index contributed by atoms with van der Waals surface area (Å²) in [6, 6.07) is 8.17. The average Bonchev–Trinajstić information content (AvgIpc) is 3.38. The third-order valence-corrected chi connectivity index (χ3v) is 5.87. The van der Waals surface area contributed by atoms with Crippen LogP contribution in [0.4, 0.5) is 11.4 Å². The van der Waals surface area contributed by atoms with Crippen molar-refractivity contribution in [2.45, 2.75) is 24.9 Å². The standard InChI is InChI=1S/C21H15N5O9/c27-18(10-5-11(25(30)31)7-12(6-10)26(32)33)23-22-15-8-16(17-9-34-21(15)35-17)24-19(28)13-3-1-2-4-14(13)20(24)29/h1-7,16-17,21H,8-9H2,(H,23,27)/b22-15-. The van der Waals surface area contributed by atoms with Gasteiger partial charge in [-0.25, -0.2) is 5.43 Å². The Morgan fingerprint density at radius 1 is 1.03 bits per heavy atom. The van der Waals surface area contributed by atoms with Crippen molar-refractivity contribution in [1.82, 2.24) is 10.3 Å². The molecule has 3 aliphatic heterocycles. The molecule has 0 aromatic heterocycles. The fourth-order valence-corrected chi connectivity index (χ4v) is 4.23. The second kappa shape index (κ2) is 8.34. The first-order valence-corrected chi connectivity index (χ1v) is 10.3. The molecule has 0 radical (unpaired) electrons. The lowest BCUT2D eigenvalue weighted by Gasteiger charge is -2.33. The molecular formula is C21H15N5O9. The number of nitro groups is 2. The molecule has 3 atom stereocenters. The summed E-state index contributed by atoms with van der Waals surface area (Å²) in [7, 11) is 0. The highest BCUT2D eigenvalue weighted by Gasteiger charge is 2.50. The predicted octanol–water partition coefficient (Wildman–Crippen LogP) is 1.40. The number of rotatable bonds is 5. The molecule has 3 aliphatic rings. The van der Waals surface area contributed by atoms with E-state index in [-0.39, 0.29) is 35.4 Å². The van der Waals surface area contributed by atoms with E-state index in [1.165, 1.54) is 0 Å². The number of hydrazone groups is 1. The first-order valence-electron chi connectivity index (χ1n) is 10.3. The Morgan fingerprint density at radius 3 is 2.20 bits per heavy atom. The Kier molecular flexibility index (Phi) is 5.30. The fourth-order valence-electron chi connectivity index (χ4n) is 4.23. The van der Waals surface area contributed by atoms with Crippen LogP contribution >= 0.6 is 0 Å². The predicted molar refractivity (Wildman–Crippen MR) is 115 cm³/mol. The summed E-state index contributed by atoms with van der Waals surface area (Å²) in [4.78, 5) is 59.9. The minimum atomic E-state index is -0.943. The molecule has 2 aromatic carbocycles. The number of imide groups is 1. The van der Waals surface area contributed by atoms with Gasteiger partial charge in [0.15, 0.2) is 6.29 Å². The second-order valence-electron chi connectivity index (χ2n) is 7.93. The van der Waals surface area contributed by atoms with E-state index in [1.54, 1.807) is 24.3 Å². The van der Waals surface area contributed by atoms with E-state index in [0.717, 1.165) is 23.1 Å². The molecule has 1 N–H and O–H groups in total. The highest BCUT2D eigenvalue weighted by molar-refractivity contribution is 6.21. The van der Waals surface area contributed by atoms with E-state index < -0.39 is 57.4 Å². The van der Waals surface area contributed by atoms with Gasteiger partial charge in [0, 0.05) is 18.6 Å². The summed E-state index contributed by atoms with van der Waals surface area (Å²) < 4.78 is 11.3. The van der Waals surface area contributed by atoms with Crippen LogP contribution in [0.25, 0.3) is 0 Å². The van der Waals surface area contributed by atoms with Gasteiger partial charge in [0.1, 0.15) is 6.10 Å². The Hall–Kier alpha value is -4.56. The van der Waals surface area contributed by atoms with Gasteiger partial charge < -0.3 is 9.47 Å². The van der Waals surface area contributed by atoms with Crippen LogP contribution in [-0.2, 0) is 9.47 Å². The summed E-state index contributed by atoms with van der Waals surface area (Å²) >= 11 is 0. The molecule has 3 unspecified atom stereocenters. The lowest BCUT2D eigenvalue weighted by Crippen LogP contribution is -2.52. The zero-order chi connectivity index (χ0) is 24.9. The summed E-state index contributed by atoms with van der Waals surface area (Å²) in [5, 5.41) is 26.1. The summed E-state index contributed by atoms with van der Waals surface area (Å²) in [6.45, 7) is 0.0901. The quantitative estimate of drug-likeness (QED) is 0.374. The Morgan fingerprint density at radius 2 is 1.63 bits per heavy atom. The van der Waals surface area contributed by atoms with Crippen LogP contribution in [0, 0.1) is 20.2 Å². The molecule has 0 aliphatic carbocycles. The van der Waals surface area contributed by atoms with Crippen molar-refractivity contribution in [3.05, 3.63) is 79.4 Å². The number of nitrogens with zero attached hydrogens (tertiary/aromatic N) is 4. The van der Waals surface area contributed by atoms with Crippen LogP contribution in [0.5, 0.6) is 0 Å². The van der Waals surface area contributed by atoms with Crippen molar-refractivity contribution < 1.29 is 33.7 Å². The van der Waals surface area contributed by atoms with Gasteiger partial charge >= 0.3 is 0 Å². The van der Waals surface area contributed by atoms with Gasteiger partial charge in [-0.1, -0.05) is 12.1 Å². The first-order chi connectivity index (χ1) is 16.7. The van der Waals surface area contributed by atoms with E-state index in [2.05, 4.69) is 10.5 Å². The molecule has 0 saturated carbocycles. The molecule has 5 rings (SSSR count). The molecule has 35 heavy (non-hydrogen) atoms. The zero-order valence-corrected chi connectivity index (χ0v) is 17.7. The fraction of sp³-hybridized carbons (Fsp3) is 0.238. The van der Waals surface area contributed by atoms with Crippen LogP contribution in [-0.4, -0.2) is 63.2 Å². The minimum absolute atomic E-state index is 0.0518. The summed E-state index contributed by atoms with van der Waals surface area (Å²) in [6.07, 6.45) is -1.46. The highest BCUT2D eigenvalue weighted by Crippen LogP contribution is 2.34. The molecular weight excluding hydrogens is 466 g/mol. The number of nitrogens with one attached hydrogen (secondary N) is 1. The van der Waals surface area contributed by atoms with Gasteiger partial charge in [-0.3, -0.25) is 39.5 Å². The number of non-ortho nitro benzene ring substituents is 2. The molecule has 2 saturated heterocycles. The summed E-state index contributed by atoms with van der Waals surface area (Å²) in [5.74, 6) is -1.89. The molecule has 178 valence electrons. The van der Waals surface area contributed by atoms with Gasteiger partial charge in [-0.15, -0.1) is 0 Å². The topological polar surface area (TPSA) is 184 Å². The number of ether oxygens (including phenoxy) is 2. The first kappa shape index (κ1) is 22.2. The molecule has 0 spiro atoms. The van der Waals surface area contributed by atoms with Crippen molar-refractivity contribution in [2.75, 3.05) is 6.61 Å². The van der Waals surface area contributed by atoms with E-state index in [4.69, 9.17) is 9.47 Å². The molecule has 3 amide bonds. The lowest BCUT2D eigenvalue weighted by molar-refractivity contribution is -0.394. The number of hydrogen-bond acceptors (Lipinski definition) is 10. The van der Waals surface area contributed by atoms with E-state index >= 15 is 0 Å². The van der Waals surface area contributed by atoms with Gasteiger partial charge in [0.25, 0.3) is 29.1 Å². The maximum atomic E-state index is 12.9. The minimum Gasteiger partial charge on any atom is -0.344 e. The number of amides is 3. The number of nitro benzene ring substituents is 2. The maximum absolute atomic E-state index is 12.9. The largest absolute Gasteiger partial charge is 0.344 e. The summed E-state index contributed by atoms with van der Waals surface area (Å²) in [5.41, 5.74) is 1.30. The van der Waals surface area contributed by atoms with Crippen molar-refractivity contribution in [1.29, 1.82) is 0 Å². The van der Waals surface area contributed by atoms with Gasteiger partial charge in [0.05, 0.1) is 51.0 Å². The lowest BCUT2D eigenvalue weighted by atomic mass is 10.0. The third kappa shape index (κ3) is 3.79. The van der Waals surface area contributed by atoms with Crippen LogP contribution in [0.3, 0.4) is 0 Å². The molecule has 2 aromatic rings. The number of benzene rings is 2. The number of carbonyl (C=O) groups is 3. The average molecular weight is 481 g/mol. The van der Waals surface area contributed by atoms with Crippen LogP contribution in [0.1, 0.15) is 37.5 Å². The normalized spacial score (nSPS) is 23.9. The number of hydrogen-bond donors (Lipinski definition) is 1. The Balaban J connectivity index is 1.38. The van der Waals surface area contributed by atoms with Gasteiger partial charge in [-0.2, -0.15) is 5.10 Å². The van der Waals surface area contributed by atoms with E-state index in [1.807, 2.05) is 0 Å². The zero-order valence-electron chi connectivity index (χ0n) is 17.7.